The van der Waals surface area contributed by atoms with Gasteiger partial charge in [-0.25, -0.2) is 0 Å². The van der Waals surface area contributed by atoms with Gasteiger partial charge in [-0.2, -0.15) is 0 Å². The molecule has 1 aliphatic heterocycles. The molecular weight excluding hydrogens is 134 g/mol. The maximum Gasteiger partial charge on any atom is 0.0745 e. The Morgan fingerprint density at radius 1 is 1.36 bits per heavy atom. The summed E-state index contributed by atoms with van der Waals surface area (Å²) in [7, 11) is 0. The molecule has 0 bridgehead atoms. The smallest absolute Gasteiger partial charge is 0.0745 e. The summed E-state index contributed by atoms with van der Waals surface area (Å²) in [4.78, 5) is 0. The van der Waals surface area contributed by atoms with Crippen molar-refractivity contribution < 1.29 is 0 Å². The van der Waals surface area contributed by atoms with E-state index in [4.69, 9.17) is 0 Å². The summed E-state index contributed by atoms with van der Waals surface area (Å²) >= 11 is 0. The number of rotatable bonds is 2. The SMILES string of the molecule is C=CC1(c2ccccc2)CN1. The molecule has 1 nitrogen and oxygen atoms in total. The third kappa shape index (κ3) is 0.976. The van der Waals surface area contributed by atoms with Crippen LogP contribution in [0.25, 0.3) is 0 Å². The molecule has 1 saturated heterocycles. The first kappa shape index (κ1) is 6.62. The summed E-state index contributed by atoms with van der Waals surface area (Å²) < 4.78 is 0. The highest BCUT2D eigenvalue weighted by Crippen LogP contribution is 2.30. The molecule has 0 saturated carbocycles. The highest BCUT2D eigenvalue weighted by Gasteiger charge is 2.40. The maximum absolute atomic E-state index is 3.81. The Labute approximate surface area is 66.7 Å². The number of hydrogen-bond acceptors (Lipinski definition) is 1. The first-order chi connectivity index (χ1) is 5.37. The van der Waals surface area contributed by atoms with E-state index in [1.807, 2.05) is 12.1 Å². The van der Waals surface area contributed by atoms with Gasteiger partial charge in [-0.1, -0.05) is 36.4 Å². The minimum atomic E-state index is 0.0985. The Kier molecular flexibility index (Phi) is 1.33. The van der Waals surface area contributed by atoms with E-state index in [9.17, 15) is 0 Å². The van der Waals surface area contributed by atoms with Crippen LogP contribution >= 0.6 is 0 Å². The van der Waals surface area contributed by atoms with Crippen LogP contribution in [0.1, 0.15) is 5.56 Å². The van der Waals surface area contributed by atoms with Crippen LogP contribution in [0.4, 0.5) is 0 Å². The molecule has 0 spiro atoms. The minimum Gasteiger partial charge on any atom is -0.301 e. The molecule has 0 radical (unpaired) electrons. The van der Waals surface area contributed by atoms with E-state index >= 15 is 0 Å². The van der Waals surface area contributed by atoms with Gasteiger partial charge >= 0.3 is 0 Å². The molecule has 1 heteroatoms. The van der Waals surface area contributed by atoms with Crippen LogP contribution < -0.4 is 5.32 Å². The molecule has 1 aromatic carbocycles. The Hall–Kier alpha value is -1.08. The van der Waals surface area contributed by atoms with Crippen LogP contribution in [-0.2, 0) is 5.54 Å². The largest absolute Gasteiger partial charge is 0.301 e. The van der Waals surface area contributed by atoms with Crippen molar-refractivity contribution in [3.63, 3.8) is 0 Å². The molecule has 0 aromatic heterocycles. The van der Waals surface area contributed by atoms with Crippen LogP contribution in [0.5, 0.6) is 0 Å². The average molecular weight is 145 g/mol. The quantitative estimate of drug-likeness (QED) is 0.496. The van der Waals surface area contributed by atoms with Crippen molar-refractivity contribution in [2.24, 2.45) is 0 Å². The molecule has 11 heavy (non-hydrogen) atoms. The highest BCUT2D eigenvalue weighted by atomic mass is 15.2. The summed E-state index contributed by atoms with van der Waals surface area (Å²) in [5, 5.41) is 3.30. The average Bonchev–Trinajstić information content (AvgIpc) is 2.86. The van der Waals surface area contributed by atoms with E-state index in [1.165, 1.54) is 5.56 Å². The standard InChI is InChI=1S/C10H11N/c1-2-10(8-11-10)9-6-4-3-5-7-9/h2-7,11H,1,8H2. The fourth-order valence-corrected chi connectivity index (χ4v) is 1.30. The predicted molar refractivity (Wildman–Crippen MR) is 46.3 cm³/mol. The van der Waals surface area contributed by atoms with E-state index in [2.05, 4.69) is 36.2 Å². The Balaban J connectivity index is 2.37. The van der Waals surface area contributed by atoms with Crippen molar-refractivity contribution >= 4 is 0 Å². The van der Waals surface area contributed by atoms with Crippen LogP contribution in [0, 0.1) is 0 Å². The first-order valence-corrected chi connectivity index (χ1v) is 3.81. The van der Waals surface area contributed by atoms with Crippen molar-refractivity contribution in [3.05, 3.63) is 48.6 Å². The van der Waals surface area contributed by atoms with Crippen LogP contribution in [0.3, 0.4) is 0 Å². The third-order valence-electron chi connectivity index (χ3n) is 2.20. The van der Waals surface area contributed by atoms with E-state index in [0.717, 1.165) is 6.54 Å². The van der Waals surface area contributed by atoms with E-state index in [0.29, 0.717) is 0 Å². The van der Waals surface area contributed by atoms with E-state index in [-0.39, 0.29) is 5.54 Å². The molecule has 1 atom stereocenters. The molecule has 56 valence electrons. The van der Waals surface area contributed by atoms with Gasteiger partial charge in [-0.15, -0.1) is 6.58 Å². The summed E-state index contributed by atoms with van der Waals surface area (Å²) in [6, 6.07) is 10.4. The Morgan fingerprint density at radius 2 is 2.00 bits per heavy atom. The molecule has 1 fully saturated rings. The van der Waals surface area contributed by atoms with Gasteiger partial charge in [0.25, 0.3) is 0 Å². The van der Waals surface area contributed by atoms with Crippen molar-refractivity contribution in [1.29, 1.82) is 0 Å². The van der Waals surface area contributed by atoms with Crippen molar-refractivity contribution in [3.8, 4) is 0 Å². The normalized spacial score (nSPS) is 28.0. The fraction of sp³-hybridized carbons (Fsp3) is 0.200. The molecule has 1 unspecified atom stereocenters. The second kappa shape index (κ2) is 2.21. The second-order valence-electron chi connectivity index (χ2n) is 2.90. The lowest BCUT2D eigenvalue weighted by molar-refractivity contribution is 0.864. The monoisotopic (exact) mass is 145 g/mol. The lowest BCUT2D eigenvalue weighted by Crippen LogP contribution is -2.07. The van der Waals surface area contributed by atoms with Crippen LogP contribution in [0.2, 0.25) is 0 Å². The molecule has 0 amide bonds. The lowest BCUT2D eigenvalue weighted by atomic mass is 10.00. The van der Waals surface area contributed by atoms with Crippen molar-refractivity contribution in [1.82, 2.24) is 5.32 Å². The maximum atomic E-state index is 3.81. The van der Waals surface area contributed by atoms with E-state index < -0.39 is 0 Å². The fourth-order valence-electron chi connectivity index (χ4n) is 1.30. The van der Waals surface area contributed by atoms with Crippen molar-refractivity contribution in [2.45, 2.75) is 5.54 Å². The topological polar surface area (TPSA) is 21.9 Å². The zero-order chi connectivity index (χ0) is 7.73. The summed E-state index contributed by atoms with van der Waals surface area (Å²) in [6.07, 6.45) is 1.97. The molecule has 0 aliphatic carbocycles. The lowest BCUT2D eigenvalue weighted by Gasteiger charge is -2.06. The predicted octanol–water partition coefficient (Wildman–Crippen LogP) is 1.67. The van der Waals surface area contributed by atoms with Crippen molar-refractivity contribution in [2.75, 3.05) is 6.54 Å². The summed E-state index contributed by atoms with van der Waals surface area (Å²) in [6.45, 7) is 4.84. The van der Waals surface area contributed by atoms with Crippen LogP contribution in [0.15, 0.2) is 43.0 Å². The first-order valence-electron chi connectivity index (χ1n) is 3.81. The van der Waals surface area contributed by atoms with Gasteiger partial charge in [0, 0.05) is 6.54 Å². The summed E-state index contributed by atoms with van der Waals surface area (Å²) in [5.41, 5.74) is 1.41. The second-order valence-corrected chi connectivity index (χ2v) is 2.90. The molecule has 2 rings (SSSR count). The number of benzene rings is 1. The van der Waals surface area contributed by atoms with Gasteiger partial charge < -0.3 is 5.32 Å². The zero-order valence-electron chi connectivity index (χ0n) is 6.38. The number of nitrogens with one attached hydrogen (secondary N) is 1. The molecule has 1 aromatic rings. The minimum absolute atomic E-state index is 0.0985. The van der Waals surface area contributed by atoms with Gasteiger partial charge in [-0.05, 0) is 5.56 Å². The van der Waals surface area contributed by atoms with Gasteiger partial charge in [0.2, 0.25) is 0 Å². The summed E-state index contributed by atoms with van der Waals surface area (Å²) in [5.74, 6) is 0. The number of hydrogen-bond donors (Lipinski definition) is 1. The molecule has 1 aliphatic rings. The van der Waals surface area contributed by atoms with Gasteiger partial charge in [0.05, 0.1) is 5.54 Å². The highest BCUT2D eigenvalue weighted by molar-refractivity contribution is 5.35. The molecular formula is C10H11N. The Morgan fingerprint density at radius 3 is 2.45 bits per heavy atom. The van der Waals surface area contributed by atoms with Crippen LogP contribution in [-0.4, -0.2) is 6.54 Å². The van der Waals surface area contributed by atoms with Gasteiger partial charge in [0.15, 0.2) is 0 Å². The van der Waals surface area contributed by atoms with E-state index in [1.54, 1.807) is 0 Å². The third-order valence-corrected chi connectivity index (χ3v) is 2.20. The van der Waals surface area contributed by atoms with Gasteiger partial charge in [0.1, 0.15) is 0 Å². The Bertz CT molecular complexity index is 259. The molecule has 1 heterocycles. The molecule has 1 N–H and O–H groups in total. The zero-order valence-corrected chi connectivity index (χ0v) is 6.38. The van der Waals surface area contributed by atoms with Gasteiger partial charge in [-0.3, -0.25) is 0 Å².